The minimum atomic E-state index is -3.04. The second kappa shape index (κ2) is 9.46. The number of amides is 1. The van der Waals surface area contributed by atoms with Gasteiger partial charge in [0.1, 0.15) is 5.82 Å². The number of carbonyl (C=O) groups is 1. The van der Waals surface area contributed by atoms with Gasteiger partial charge in [0.15, 0.2) is 15.0 Å². The second-order valence-electron chi connectivity index (χ2n) is 9.19. The Morgan fingerprint density at radius 1 is 1.12 bits per heavy atom. The van der Waals surface area contributed by atoms with Crippen LogP contribution in [0.1, 0.15) is 68.1 Å². The van der Waals surface area contributed by atoms with E-state index in [1.54, 1.807) is 11.3 Å². The van der Waals surface area contributed by atoms with Crippen molar-refractivity contribution in [2.75, 3.05) is 17.3 Å². The molecule has 0 bridgehead atoms. The lowest BCUT2D eigenvalue weighted by Gasteiger charge is -2.38. The Hall–Kier alpha value is -1.39. The molecule has 1 aliphatic heterocycles. The number of sulfone groups is 1. The van der Waals surface area contributed by atoms with Crippen LogP contribution in [0, 0.1) is 0 Å². The Bertz CT molecular complexity index is 1040. The molecule has 2 aromatic heterocycles. The van der Waals surface area contributed by atoms with Gasteiger partial charge in [-0.05, 0) is 43.6 Å². The Balaban J connectivity index is 1.30. The Morgan fingerprint density at radius 2 is 1.94 bits per heavy atom. The smallest absolute Gasteiger partial charge is 0.233 e. The van der Waals surface area contributed by atoms with E-state index in [9.17, 15) is 13.2 Å². The van der Waals surface area contributed by atoms with Crippen molar-refractivity contribution < 1.29 is 13.2 Å². The van der Waals surface area contributed by atoms with Gasteiger partial charge in [-0.2, -0.15) is 0 Å². The van der Waals surface area contributed by atoms with Gasteiger partial charge in [0.05, 0.1) is 17.3 Å². The Labute approximate surface area is 197 Å². The fourth-order valence-electron chi connectivity index (χ4n) is 5.06. The molecule has 0 unspecified atom stereocenters. The van der Waals surface area contributed by atoms with E-state index in [1.807, 2.05) is 4.90 Å². The van der Waals surface area contributed by atoms with Crippen LogP contribution in [-0.4, -0.2) is 63.3 Å². The summed E-state index contributed by atoms with van der Waals surface area (Å²) in [4.78, 5) is 16.6. The molecule has 2 saturated carbocycles. The first-order valence-corrected chi connectivity index (χ1v) is 15.3. The summed E-state index contributed by atoms with van der Waals surface area (Å²) in [5.41, 5.74) is 0. The number of rotatable bonds is 8. The molecule has 10 heteroatoms. The van der Waals surface area contributed by atoms with Gasteiger partial charge in [-0.25, -0.2) is 8.42 Å². The molecule has 0 aromatic carbocycles. The summed E-state index contributed by atoms with van der Waals surface area (Å²) in [6.07, 6.45) is 8.99. The third kappa shape index (κ3) is 5.07. The molecule has 0 radical (unpaired) electrons. The zero-order valence-corrected chi connectivity index (χ0v) is 20.6. The summed E-state index contributed by atoms with van der Waals surface area (Å²) in [6, 6.07) is 4.60. The number of thioether (sulfide) groups is 1. The largest absolute Gasteiger partial charge is 0.335 e. The lowest BCUT2D eigenvalue weighted by Crippen LogP contribution is -2.49. The third-order valence-electron chi connectivity index (χ3n) is 6.74. The number of carbonyl (C=O) groups excluding carboxylic acids is 1. The van der Waals surface area contributed by atoms with E-state index in [4.69, 9.17) is 0 Å². The van der Waals surface area contributed by atoms with Crippen molar-refractivity contribution in [1.29, 1.82) is 0 Å². The number of thiophene rings is 1. The summed E-state index contributed by atoms with van der Waals surface area (Å²) >= 11 is 3.18. The van der Waals surface area contributed by atoms with Crippen LogP contribution >= 0.6 is 23.1 Å². The molecule has 3 fully saturated rings. The standard InChI is InChI=1S/C22H30N4O3S3/c27-21(25(16-5-2-1-3-6-16)18-10-12-32(28,29)15-18)14-31-22-24-23-20(26(22)17-8-9-17)13-19-7-4-11-30-19/h4,7,11,16-18H,1-3,5-6,8-10,12-15H2/t18-/m0/s1. The molecular weight excluding hydrogens is 464 g/mol. The maximum Gasteiger partial charge on any atom is 0.233 e. The van der Waals surface area contributed by atoms with Crippen LogP contribution in [0.15, 0.2) is 22.7 Å². The molecule has 2 aromatic rings. The fraction of sp³-hybridized carbons (Fsp3) is 0.682. The SMILES string of the molecule is O=C(CSc1nnc(Cc2cccs2)n1C1CC1)N(C1CCCCC1)[C@H]1CCS(=O)(=O)C1. The van der Waals surface area contributed by atoms with Gasteiger partial charge in [0.2, 0.25) is 5.91 Å². The second-order valence-corrected chi connectivity index (χ2v) is 13.4. The maximum absolute atomic E-state index is 13.4. The molecule has 3 aliphatic rings. The van der Waals surface area contributed by atoms with Crippen LogP contribution < -0.4 is 0 Å². The van der Waals surface area contributed by atoms with Crippen LogP contribution in [0.5, 0.6) is 0 Å². The van der Waals surface area contributed by atoms with E-state index < -0.39 is 9.84 Å². The molecule has 174 valence electrons. The van der Waals surface area contributed by atoms with Crippen LogP contribution in [0.3, 0.4) is 0 Å². The quantitative estimate of drug-likeness (QED) is 0.520. The van der Waals surface area contributed by atoms with E-state index in [1.165, 1.54) is 23.1 Å². The predicted molar refractivity (Wildman–Crippen MR) is 127 cm³/mol. The molecule has 1 saturated heterocycles. The first kappa shape index (κ1) is 22.4. The lowest BCUT2D eigenvalue weighted by atomic mass is 9.93. The summed E-state index contributed by atoms with van der Waals surface area (Å²) in [7, 11) is -3.04. The summed E-state index contributed by atoms with van der Waals surface area (Å²) in [6.45, 7) is 0. The zero-order chi connectivity index (χ0) is 22.1. The van der Waals surface area contributed by atoms with E-state index in [0.717, 1.165) is 55.9 Å². The molecule has 0 spiro atoms. The van der Waals surface area contributed by atoms with Gasteiger partial charge in [0, 0.05) is 29.4 Å². The monoisotopic (exact) mass is 494 g/mol. The molecule has 1 amide bonds. The van der Waals surface area contributed by atoms with E-state index in [0.29, 0.717) is 12.5 Å². The van der Waals surface area contributed by atoms with E-state index in [-0.39, 0.29) is 35.2 Å². The van der Waals surface area contributed by atoms with Gasteiger partial charge in [0.25, 0.3) is 0 Å². The fourth-order valence-corrected chi connectivity index (χ4v) is 8.36. The average Bonchev–Trinajstić information content (AvgIpc) is 3.16. The molecule has 2 aliphatic carbocycles. The number of hydrogen-bond donors (Lipinski definition) is 0. The van der Waals surface area contributed by atoms with Gasteiger partial charge < -0.3 is 9.47 Å². The molecular formula is C22H30N4O3S3. The molecule has 0 N–H and O–H groups in total. The van der Waals surface area contributed by atoms with Crippen molar-refractivity contribution in [3.63, 3.8) is 0 Å². The van der Waals surface area contributed by atoms with Gasteiger partial charge in [-0.1, -0.05) is 37.1 Å². The third-order valence-corrected chi connectivity index (χ3v) is 10.3. The molecule has 5 rings (SSSR count). The van der Waals surface area contributed by atoms with Gasteiger partial charge in [-0.3, -0.25) is 4.79 Å². The molecule has 32 heavy (non-hydrogen) atoms. The van der Waals surface area contributed by atoms with Crippen LogP contribution in [0.2, 0.25) is 0 Å². The maximum atomic E-state index is 13.4. The van der Waals surface area contributed by atoms with E-state index in [2.05, 4.69) is 32.3 Å². The first-order valence-electron chi connectivity index (χ1n) is 11.6. The Kier molecular flexibility index (Phi) is 6.63. The number of hydrogen-bond acceptors (Lipinski definition) is 7. The highest BCUT2D eigenvalue weighted by atomic mass is 32.2. The minimum Gasteiger partial charge on any atom is -0.335 e. The first-order chi connectivity index (χ1) is 15.5. The van der Waals surface area contributed by atoms with Gasteiger partial charge >= 0.3 is 0 Å². The van der Waals surface area contributed by atoms with Crippen molar-refractivity contribution in [2.45, 2.75) is 81.1 Å². The van der Waals surface area contributed by atoms with Crippen molar-refractivity contribution in [1.82, 2.24) is 19.7 Å². The number of aromatic nitrogens is 3. The molecule has 7 nitrogen and oxygen atoms in total. The summed E-state index contributed by atoms with van der Waals surface area (Å²) < 4.78 is 26.5. The normalized spacial score (nSPS) is 23.4. The van der Waals surface area contributed by atoms with Crippen molar-refractivity contribution in [2.24, 2.45) is 0 Å². The van der Waals surface area contributed by atoms with Crippen LogP contribution in [-0.2, 0) is 21.1 Å². The van der Waals surface area contributed by atoms with Crippen LogP contribution in [0.25, 0.3) is 0 Å². The lowest BCUT2D eigenvalue weighted by molar-refractivity contribution is -0.133. The zero-order valence-electron chi connectivity index (χ0n) is 18.2. The highest BCUT2D eigenvalue weighted by molar-refractivity contribution is 7.99. The topological polar surface area (TPSA) is 85.2 Å². The van der Waals surface area contributed by atoms with Crippen molar-refractivity contribution in [3.05, 3.63) is 28.2 Å². The summed E-state index contributed by atoms with van der Waals surface area (Å²) in [5.74, 6) is 1.62. The highest BCUT2D eigenvalue weighted by Gasteiger charge is 2.39. The van der Waals surface area contributed by atoms with Crippen LogP contribution in [0.4, 0.5) is 0 Å². The average molecular weight is 495 g/mol. The van der Waals surface area contributed by atoms with Gasteiger partial charge in [-0.15, -0.1) is 21.5 Å². The Morgan fingerprint density at radius 3 is 2.59 bits per heavy atom. The summed E-state index contributed by atoms with van der Waals surface area (Å²) in [5, 5.41) is 11.8. The highest BCUT2D eigenvalue weighted by Crippen LogP contribution is 2.39. The molecule has 1 atom stereocenters. The minimum absolute atomic E-state index is 0.0501. The van der Waals surface area contributed by atoms with Crippen molar-refractivity contribution >= 4 is 38.8 Å². The molecule has 3 heterocycles. The predicted octanol–water partition coefficient (Wildman–Crippen LogP) is 3.71. The number of nitrogens with zero attached hydrogens (tertiary/aromatic N) is 4. The van der Waals surface area contributed by atoms with Crippen molar-refractivity contribution in [3.8, 4) is 0 Å². The van der Waals surface area contributed by atoms with E-state index >= 15 is 0 Å².